The maximum absolute atomic E-state index is 2.43. The molecule has 0 bridgehead atoms. The van der Waals surface area contributed by atoms with Crippen LogP contribution >= 0.6 is 0 Å². The molecule has 0 fully saturated rings. The van der Waals surface area contributed by atoms with E-state index in [-0.39, 0.29) is 0 Å². The predicted molar refractivity (Wildman–Crippen MR) is 185 cm³/mol. The Hall–Kier alpha value is -5.20. The van der Waals surface area contributed by atoms with E-state index in [0.29, 0.717) is 0 Å². The second-order valence-electron chi connectivity index (χ2n) is 11.9. The van der Waals surface area contributed by atoms with Crippen LogP contribution in [0.5, 0.6) is 0 Å². The summed E-state index contributed by atoms with van der Waals surface area (Å²) < 4.78 is 0. The van der Waals surface area contributed by atoms with Crippen LogP contribution in [0.1, 0.15) is 17.5 Å². The lowest BCUT2D eigenvalue weighted by Gasteiger charge is -2.20. The molecule has 0 N–H and O–H groups in total. The van der Waals surface area contributed by atoms with Crippen LogP contribution in [0.2, 0.25) is 0 Å². The summed E-state index contributed by atoms with van der Waals surface area (Å²) in [5.74, 6) is 0. The molecule has 1 aliphatic rings. The Kier molecular flexibility index (Phi) is 5.49. The van der Waals surface area contributed by atoms with Crippen LogP contribution in [-0.4, -0.2) is 0 Å². The summed E-state index contributed by atoms with van der Waals surface area (Å²) in [6, 6.07) is 54.2. The molecule has 0 spiro atoms. The molecule has 0 unspecified atom stereocenters. The third kappa shape index (κ3) is 3.84. The molecule has 9 rings (SSSR count). The van der Waals surface area contributed by atoms with Crippen LogP contribution < -0.4 is 0 Å². The summed E-state index contributed by atoms with van der Waals surface area (Å²) in [4.78, 5) is 0. The van der Waals surface area contributed by atoms with E-state index in [1.807, 2.05) is 0 Å². The average molecular weight is 547 g/mol. The Morgan fingerprint density at radius 2 is 0.907 bits per heavy atom. The van der Waals surface area contributed by atoms with Crippen molar-refractivity contribution in [1.82, 2.24) is 0 Å². The van der Waals surface area contributed by atoms with Crippen LogP contribution in [0.3, 0.4) is 0 Å². The van der Waals surface area contributed by atoms with E-state index in [0.717, 1.165) is 0 Å². The molecule has 0 saturated heterocycles. The van der Waals surface area contributed by atoms with E-state index >= 15 is 0 Å². The van der Waals surface area contributed by atoms with Gasteiger partial charge in [-0.2, -0.15) is 0 Å². The van der Waals surface area contributed by atoms with Crippen LogP contribution in [-0.2, 0) is 12.8 Å². The second kappa shape index (κ2) is 9.68. The minimum Gasteiger partial charge on any atom is -0.0616 e. The Morgan fingerprint density at radius 3 is 1.65 bits per heavy atom. The molecule has 0 heterocycles. The summed E-state index contributed by atoms with van der Waals surface area (Å²) in [5, 5.41) is 10.6. The first kappa shape index (κ1) is 24.4. The van der Waals surface area contributed by atoms with Gasteiger partial charge in [0.1, 0.15) is 0 Å². The first-order valence-corrected chi connectivity index (χ1v) is 15.4. The number of rotatable bonds is 3. The van der Waals surface area contributed by atoms with Crippen LogP contribution in [0.25, 0.3) is 76.5 Å². The molecule has 0 aliphatic heterocycles. The van der Waals surface area contributed by atoms with Gasteiger partial charge >= 0.3 is 0 Å². The minimum absolute atomic E-state index is 1.17. The van der Waals surface area contributed by atoms with Crippen molar-refractivity contribution in [1.29, 1.82) is 0 Å². The van der Waals surface area contributed by atoms with Gasteiger partial charge in [0, 0.05) is 0 Å². The highest BCUT2D eigenvalue weighted by atomic mass is 14.2. The number of hydrogen-bond donors (Lipinski definition) is 0. The molecule has 0 heteroatoms. The summed E-state index contributed by atoms with van der Waals surface area (Å²) in [6.45, 7) is 0. The first-order valence-electron chi connectivity index (χ1n) is 15.4. The highest BCUT2D eigenvalue weighted by Gasteiger charge is 2.18. The van der Waals surface area contributed by atoms with Crippen molar-refractivity contribution >= 4 is 43.1 Å². The fourth-order valence-corrected chi connectivity index (χ4v) is 7.64. The zero-order valence-corrected chi connectivity index (χ0v) is 24.0. The third-order valence-electron chi connectivity index (χ3n) is 9.53. The average Bonchev–Trinajstić information content (AvgIpc) is 3.07. The maximum Gasteiger partial charge on any atom is -0.00201 e. The highest BCUT2D eigenvalue weighted by Crippen LogP contribution is 2.45. The van der Waals surface area contributed by atoms with E-state index in [1.54, 1.807) is 0 Å². The van der Waals surface area contributed by atoms with Crippen molar-refractivity contribution in [2.45, 2.75) is 19.3 Å². The lowest BCUT2D eigenvalue weighted by molar-refractivity contribution is 0.808. The zero-order valence-electron chi connectivity index (χ0n) is 24.0. The normalized spacial score (nSPS) is 12.8. The van der Waals surface area contributed by atoms with Gasteiger partial charge in [0.2, 0.25) is 0 Å². The van der Waals surface area contributed by atoms with Crippen molar-refractivity contribution in [3.8, 4) is 33.4 Å². The first-order chi connectivity index (χ1) is 21.3. The number of fused-ring (bicyclic) bond motifs is 3. The van der Waals surface area contributed by atoms with Crippen molar-refractivity contribution in [2.24, 2.45) is 0 Å². The minimum atomic E-state index is 1.17. The summed E-state index contributed by atoms with van der Waals surface area (Å²) in [7, 11) is 0. The lowest BCUT2D eigenvalue weighted by Crippen LogP contribution is -2.01. The van der Waals surface area contributed by atoms with E-state index in [4.69, 9.17) is 0 Å². The van der Waals surface area contributed by atoms with Gasteiger partial charge in [-0.3, -0.25) is 0 Å². The third-order valence-corrected chi connectivity index (χ3v) is 9.53. The summed E-state index contributed by atoms with van der Waals surface area (Å²) >= 11 is 0. The van der Waals surface area contributed by atoms with Gasteiger partial charge in [0.25, 0.3) is 0 Å². The van der Waals surface area contributed by atoms with Gasteiger partial charge in [-0.1, -0.05) is 140 Å². The SMILES string of the molecule is c1ccc2c(-c3c4ccccc4c(-c4ccc(-c5cc6c7c(cccc7c5)CCC6)cc4)c4ccccc34)cccc2c1. The van der Waals surface area contributed by atoms with Crippen molar-refractivity contribution in [3.63, 3.8) is 0 Å². The summed E-state index contributed by atoms with van der Waals surface area (Å²) in [6.07, 6.45) is 3.60. The van der Waals surface area contributed by atoms with E-state index in [1.165, 1.54) is 107 Å². The number of benzene rings is 8. The molecule has 8 aromatic rings. The molecule has 8 aromatic carbocycles. The van der Waals surface area contributed by atoms with E-state index in [2.05, 4.69) is 146 Å². The topological polar surface area (TPSA) is 0 Å². The molecule has 0 atom stereocenters. The summed E-state index contributed by atoms with van der Waals surface area (Å²) in [5.41, 5.74) is 10.8. The van der Waals surface area contributed by atoms with Crippen LogP contribution in [0, 0.1) is 0 Å². The molecule has 202 valence electrons. The van der Waals surface area contributed by atoms with Crippen LogP contribution in [0.15, 0.2) is 146 Å². The van der Waals surface area contributed by atoms with Gasteiger partial charge in [-0.05, 0) is 113 Å². The van der Waals surface area contributed by atoms with Gasteiger partial charge in [0.05, 0.1) is 0 Å². The fourth-order valence-electron chi connectivity index (χ4n) is 7.64. The van der Waals surface area contributed by atoms with Gasteiger partial charge in [-0.15, -0.1) is 0 Å². The van der Waals surface area contributed by atoms with Gasteiger partial charge < -0.3 is 0 Å². The Bertz CT molecular complexity index is 2290. The van der Waals surface area contributed by atoms with Gasteiger partial charge in [-0.25, -0.2) is 0 Å². The standard InChI is InChI=1S/C43H30/c1-2-16-35-29(10-1)11-9-21-36(35)43-39-19-5-3-17-37(39)42(38-18-4-6-20-40(38)43)31-24-22-28(23-25-31)34-26-32-14-7-12-30-13-8-15-33(27-34)41(30)32/h1-7,9-12,14,16-27H,8,13,15H2. The Balaban J connectivity index is 1.25. The quantitative estimate of drug-likeness (QED) is 0.193. The van der Waals surface area contributed by atoms with E-state index < -0.39 is 0 Å². The fraction of sp³-hybridized carbons (Fsp3) is 0.0698. The monoisotopic (exact) mass is 546 g/mol. The van der Waals surface area contributed by atoms with Crippen molar-refractivity contribution < 1.29 is 0 Å². The molecule has 0 radical (unpaired) electrons. The number of aryl methyl sites for hydroxylation is 2. The molecular weight excluding hydrogens is 516 g/mol. The maximum atomic E-state index is 2.43. The Morgan fingerprint density at radius 1 is 0.349 bits per heavy atom. The predicted octanol–water partition coefficient (Wildman–Crippen LogP) is 11.8. The van der Waals surface area contributed by atoms with E-state index in [9.17, 15) is 0 Å². The second-order valence-corrected chi connectivity index (χ2v) is 11.9. The molecule has 0 amide bonds. The Labute approximate surface area is 251 Å². The van der Waals surface area contributed by atoms with Crippen LogP contribution in [0.4, 0.5) is 0 Å². The molecule has 1 aliphatic carbocycles. The number of hydrogen-bond acceptors (Lipinski definition) is 0. The molecule has 0 aromatic heterocycles. The molecular formula is C43H30. The highest BCUT2D eigenvalue weighted by molar-refractivity contribution is 6.23. The largest absolute Gasteiger partial charge is 0.0616 e. The van der Waals surface area contributed by atoms with Crippen molar-refractivity contribution in [2.75, 3.05) is 0 Å². The molecule has 43 heavy (non-hydrogen) atoms. The van der Waals surface area contributed by atoms with Gasteiger partial charge in [0.15, 0.2) is 0 Å². The molecule has 0 nitrogen and oxygen atoms in total. The lowest BCUT2D eigenvalue weighted by atomic mass is 9.84. The zero-order chi connectivity index (χ0) is 28.3. The van der Waals surface area contributed by atoms with Crippen molar-refractivity contribution in [3.05, 3.63) is 157 Å². The smallest absolute Gasteiger partial charge is 0.00201 e. The molecule has 0 saturated carbocycles.